The van der Waals surface area contributed by atoms with Crippen LogP contribution >= 0.6 is 0 Å². The number of allylic oxidation sites excluding steroid dienone is 1. The Labute approximate surface area is 151 Å². The SMILES string of the molecule is C=CCCCCCCCCCCCCCCCC(OC)(OC)OC. The minimum Gasteiger partial charge on any atom is -0.331 e. The van der Waals surface area contributed by atoms with E-state index in [0.29, 0.717) is 0 Å². The van der Waals surface area contributed by atoms with E-state index in [1.807, 2.05) is 6.08 Å². The molecule has 0 unspecified atom stereocenters. The molecule has 0 spiro atoms. The Balaban J connectivity index is 3.24. The molecule has 0 aromatic rings. The zero-order chi connectivity index (χ0) is 17.9. The maximum Gasteiger partial charge on any atom is 0.282 e. The molecule has 24 heavy (non-hydrogen) atoms. The lowest BCUT2D eigenvalue weighted by atomic mass is 10.0. The zero-order valence-corrected chi connectivity index (χ0v) is 16.6. The van der Waals surface area contributed by atoms with E-state index in [1.165, 1.54) is 83.5 Å². The van der Waals surface area contributed by atoms with Gasteiger partial charge in [-0.2, -0.15) is 0 Å². The third-order valence-corrected chi connectivity index (χ3v) is 4.82. The average Bonchev–Trinajstić information content (AvgIpc) is 2.62. The summed E-state index contributed by atoms with van der Waals surface area (Å²) in [6.07, 6.45) is 21.5. The minimum absolute atomic E-state index is 0.795. The fourth-order valence-corrected chi connectivity index (χ4v) is 3.13. The Morgan fingerprint density at radius 3 is 1.25 bits per heavy atom. The van der Waals surface area contributed by atoms with Crippen molar-refractivity contribution < 1.29 is 14.2 Å². The van der Waals surface area contributed by atoms with E-state index in [9.17, 15) is 0 Å². The van der Waals surface area contributed by atoms with Crippen molar-refractivity contribution in [3.8, 4) is 0 Å². The zero-order valence-electron chi connectivity index (χ0n) is 16.6. The van der Waals surface area contributed by atoms with Crippen molar-refractivity contribution in [2.24, 2.45) is 0 Å². The predicted molar refractivity (Wildman–Crippen MR) is 103 cm³/mol. The summed E-state index contributed by atoms with van der Waals surface area (Å²) in [4.78, 5) is 0. The third-order valence-electron chi connectivity index (χ3n) is 4.82. The molecule has 144 valence electrons. The van der Waals surface area contributed by atoms with Crippen LogP contribution in [0, 0.1) is 0 Å². The molecular formula is C21H42O3. The summed E-state index contributed by atoms with van der Waals surface area (Å²) < 4.78 is 15.9. The van der Waals surface area contributed by atoms with Crippen molar-refractivity contribution >= 4 is 0 Å². The van der Waals surface area contributed by atoms with Crippen LogP contribution < -0.4 is 0 Å². The summed E-state index contributed by atoms with van der Waals surface area (Å²) in [6.45, 7) is 3.77. The van der Waals surface area contributed by atoms with Crippen LogP contribution in [0.5, 0.6) is 0 Å². The smallest absolute Gasteiger partial charge is 0.282 e. The van der Waals surface area contributed by atoms with Gasteiger partial charge in [0.15, 0.2) is 0 Å². The molecule has 0 heterocycles. The lowest BCUT2D eigenvalue weighted by Gasteiger charge is -2.28. The molecule has 0 aliphatic rings. The van der Waals surface area contributed by atoms with Gasteiger partial charge in [-0.15, -0.1) is 6.58 Å². The van der Waals surface area contributed by atoms with Gasteiger partial charge in [0.05, 0.1) is 0 Å². The van der Waals surface area contributed by atoms with E-state index < -0.39 is 5.97 Å². The summed E-state index contributed by atoms with van der Waals surface area (Å²) in [5, 5.41) is 0. The first-order valence-electron chi connectivity index (χ1n) is 10.0. The van der Waals surface area contributed by atoms with Crippen molar-refractivity contribution in [3.63, 3.8) is 0 Å². The van der Waals surface area contributed by atoms with Gasteiger partial charge in [0.1, 0.15) is 0 Å². The fraction of sp³-hybridized carbons (Fsp3) is 0.905. The summed E-state index contributed by atoms with van der Waals surface area (Å²) in [5.74, 6) is -0.842. The quantitative estimate of drug-likeness (QED) is 0.150. The lowest BCUT2D eigenvalue weighted by molar-refractivity contribution is -0.355. The van der Waals surface area contributed by atoms with Crippen molar-refractivity contribution in [2.75, 3.05) is 21.3 Å². The first kappa shape index (κ1) is 23.6. The van der Waals surface area contributed by atoms with Crippen LogP contribution in [0.2, 0.25) is 0 Å². The van der Waals surface area contributed by atoms with Crippen LogP contribution in [0.25, 0.3) is 0 Å². The molecule has 0 saturated heterocycles. The summed E-state index contributed by atoms with van der Waals surface area (Å²) in [5.41, 5.74) is 0. The average molecular weight is 343 g/mol. The molecule has 0 amide bonds. The summed E-state index contributed by atoms with van der Waals surface area (Å²) >= 11 is 0. The highest BCUT2D eigenvalue weighted by molar-refractivity contribution is 4.65. The Morgan fingerprint density at radius 2 is 0.917 bits per heavy atom. The maximum absolute atomic E-state index is 5.31. The molecule has 0 fully saturated rings. The van der Waals surface area contributed by atoms with Gasteiger partial charge in [-0.3, -0.25) is 0 Å². The normalized spacial score (nSPS) is 11.8. The van der Waals surface area contributed by atoms with Crippen LogP contribution in [-0.2, 0) is 14.2 Å². The minimum atomic E-state index is -0.842. The van der Waals surface area contributed by atoms with Gasteiger partial charge in [-0.05, 0) is 19.3 Å². The van der Waals surface area contributed by atoms with Crippen LogP contribution in [-0.4, -0.2) is 27.3 Å². The molecule has 0 aliphatic carbocycles. The second-order valence-electron chi connectivity index (χ2n) is 6.72. The molecular weight excluding hydrogens is 300 g/mol. The van der Waals surface area contributed by atoms with Gasteiger partial charge < -0.3 is 14.2 Å². The molecule has 0 aromatic heterocycles. The Kier molecular flexibility index (Phi) is 17.2. The van der Waals surface area contributed by atoms with Gasteiger partial charge in [-0.25, -0.2) is 0 Å². The number of hydrogen-bond acceptors (Lipinski definition) is 3. The molecule has 0 radical (unpaired) electrons. The van der Waals surface area contributed by atoms with Crippen LogP contribution in [0.4, 0.5) is 0 Å². The molecule has 3 nitrogen and oxygen atoms in total. The fourth-order valence-electron chi connectivity index (χ4n) is 3.13. The number of hydrogen-bond donors (Lipinski definition) is 0. The molecule has 0 saturated carbocycles. The molecule has 0 N–H and O–H groups in total. The lowest BCUT2D eigenvalue weighted by Crippen LogP contribution is -2.35. The van der Waals surface area contributed by atoms with E-state index in [-0.39, 0.29) is 0 Å². The van der Waals surface area contributed by atoms with Gasteiger partial charge in [0.25, 0.3) is 5.97 Å². The standard InChI is InChI=1S/C21H42O3/c1-5-6-7-8-9-10-11-12-13-14-15-16-17-18-19-20-21(22-2,23-3)24-4/h5H,1,6-20H2,2-4H3. The Hall–Kier alpha value is -0.380. The third kappa shape index (κ3) is 13.0. The van der Waals surface area contributed by atoms with Crippen LogP contribution in [0.15, 0.2) is 12.7 Å². The van der Waals surface area contributed by atoms with Gasteiger partial charge >= 0.3 is 0 Å². The maximum atomic E-state index is 5.31. The van der Waals surface area contributed by atoms with E-state index in [2.05, 4.69) is 6.58 Å². The molecule has 0 bridgehead atoms. The largest absolute Gasteiger partial charge is 0.331 e. The Morgan fingerprint density at radius 1 is 0.583 bits per heavy atom. The first-order valence-corrected chi connectivity index (χ1v) is 10.0. The van der Waals surface area contributed by atoms with Crippen molar-refractivity contribution in [1.29, 1.82) is 0 Å². The highest BCUT2D eigenvalue weighted by Crippen LogP contribution is 2.21. The number of ether oxygens (including phenoxy) is 3. The number of unbranched alkanes of at least 4 members (excludes halogenated alkanes) is 13. The first-order chi connectivity index (χ1) is 11.7. The molecule has 0 aromatic carbocycles. The van der Waals surface area contributed by atoms with Crippen molar-refractivity contribution in [3.05, 3.63) is 12.7 Å². The number of rotatable bonds is 19. The van der Waals surface area contributed by atoms with Gasteiger partial charge in [-0.1, -0.05) is 76.7 Å². The van der Waals surface area contributed by atoms with E-state index in [1.54, 1.807) is 21.3 Å². The summed E-state index contributed by atoms with van der Waals surface area (Å²) in [6, 6.07) is 0. The van der Waals surface area contributed by atoms with Crippen LogP contribution in [0.3, 0.4) is 0 Å². The highest BCUT2D eigenvalue weighted by atomic mass is 16.9. The second kappa shape index (κ2) is 17.4. The Bertz CT molecular complexity index is 254. The molecule has 0 aliphatic heterocycles. The second-order valence-corrected chi connectivity index (χ2v) is 6.72. The number of methoxy groups -OCH3 is 3. The van der Waals surface area contributed by atoms with Crippen molar-refractivity contribution in [1.82, 2.24) is 0 Å². The van der Waals surface area contributed by atoms with E-state index in [0.717, 1.165) is 12.8 Å². The van der Waals surface area contributed by atoms with Gasteiger partial charge in [0.2, 0.25) is 0 Å². The van der Waals surface area contributed by atoms with E-state index in [4.69, 9.17) is 14.2 Å². The molecule has 3 heteroatoms. The van der Waals surface area contributed by atoms with E-state index >= 15 is 0 Å². The molecule has 0 atom stereocenters. The van der Waals surface area contributed by atoms with Gasteiger partial charge in [0, 0.05) is 27.8 Å². The highest BCUT2D eigenvalue weighted by Gasteiger charge is 2.28. The topological polar surface area (TPSA) is 27.7 Å². The van der Waals surface area contributed by atoms with Crippen LogP contribution in [0.1, 0.15) is 96.3 Å². The predicted octanol–water partition coefficient (Wildman–Crippen LogP) is 6.62. The summed E-state index contributed by atoms with van der Waals surface area (Å²) in [7, 11) is 4.90. The van der Waals surface area contributed by atoms with Crippen molar-refractivity contribution in [2.45, 2.75) is 102 Å². The molecule has 0 rings (SSSR count). The monoisotopic (exact) mass is 342 g/mol.